The van der Waals surface area contributed by atoms with Crippen molar-refractivity contribution in [2.24, 2.45) is 11.8 Å². The highest BCUT2D eigenvalue weighted by atomic mass is 32.2. The van der Waals surface area contributed by atoms with E-state index < -0.39 is 5.60 Å². The van der Waals surface area contributed by atoms with Crippen molar-refractivity contribution in [3.8, 4) is 22.4 Å². The van der Waals surface area contributed by atoms with Crippen molar-refractivity contribution >= 4 is 17.7 Å². The van der Waals surface area contributed by atoms with Gasteiger partial charge in [0.1, 0.15) is 22.9 Å². The summed E-state index contributed by atoms with van der Waals surface area (Å²) < 4.78 is 25.3. The van der Waals surface area contributed by atoms with Crippen LogP contribution in [0.1, 0.15) is 71.3 Å². The fourth-order valence-electron chi connectivity index (χ4n) is 6.16. The molecule has 3 aromatic rings. The molecule has 0 spiro atoms. The van der Waals surface area contributed by atoms with E-state index in [-0.39, 0.29) is 18.9 Å². The van der Waals surface area contributed by atoms with E-state index in [0.29, 0.717) is 25.0 Å². The highest BCUT2D eigenvalue weighted by molar-refractivity contribution is 7.99. The first-order valence-corrected chi connectivity index (χ1v) is 17.6. The molecule has 45 heavy (non-hydrogen) atoms. The second-order valence-corrected chi connectivity index (χ2v) is 14.5. The van der Waals surface area contributed by atoms with Gasteiger partial charge in [-0.3, -0.25) is 4.68 Å². The number of carbonyl (C=O) groups is 1. The molecule has 7 nitrogen and oxygen atoms in total. The lowest BCUT2D eigenvalue weighted by atomic mass is 9.82. The third-order valence-corrected chi connectivity index (χ3v) is 9.51. The molecule has 2 aromatic carbocycles. The molecule has 2 heterocycles. The Morgan fingerprint density at radius 3 is 2.38 bits per heavy atom. The topological polar surface area (TPSA) is 71.8 Å². The van der Waals surface area contributed by atoms with E-state index in [9.17, 15) is 4.79 Å². The van der Waals surface area contributed by atoms with Gasteiger partial charge in [-0.15, -0.1) is 11.8 Å². The molecule has 0 N–H and O–H groups in total. The van der Waals surface area contributed by atoms with Crippen molar-refractivity contribution in [2.75, 3.05) is 32.2 Å². The minimum absolute atomic E-state index is 0.0195. The normalized spacial score (nSPS) is 20.7. The number of hydrogen-bond donors (Lipinski definition) is 0. The van der Waals surface area contributed by atoms with Crippen LogP contribution in [-0.4, -0.2) is 59.8 Å². The molecule has 1 aliphatic carbocycles. The predicted octanol–water partition coefficient (Wildman–Crippen LogP) is 8.33. The van der Waals surface area contributed by atoms with E-state index >= 15 is 0 Å². The second-order valence-electron chi connectivity index (χ2n) is 13.4. The average molecular weight is 635 g/mol. The third kappa shape index (κ3) is 10.2. The highest BCUT2D eigenvalue weighted by Gasteiger charge is 2.27. The number of aryl methyl sites for hydroxylation is 1. The zero-order valence-electron chi connectivity index (χ0n) is 27.5. The molecule has 2 aliphatic rings. The van der Waals surface area contributed by atoms with Crippen molar-refractivity contribution in [3.05, 3.63) is 60.2 Å². The molecule has 0 amide bonds. The Hall–Kier alpha value is -2.65. The number of rotatable bonds is 13. The lowest BCUT2D eigenvalue weighted by molar-refractivity contribution is -0.160. The van der Waals surface area contributed by atoms with Crippen LogP contribution in [0.5, 0.6) is 0 Å². The lowest BCUT2D eigenvalue weighted by Gasteiger charge is -2.29. The number of thioether (sulfide) groups is 1. The Balaban J connectivity index is 1.29. The molecule has 244 valence electrons. The zero-order chi connectivity index (χ0) is 31.6. The van der Waals surface area contributed by atoms with Crippen LogP contribution in [0.2, 0.25) is 0 Å². The summed E-state index contributed by atoms with van der Waals surface area (Å²) in [6.45, 7) is 10.7. The summed E-state index contributed by atoms with van der Waals surface area (Å²) in [6.07, 6.45) is 7.61. The summed E-state index contributed by atoms with van der Waals surface area (Å²) in [5, 5.41) is 6.52. The Kier molecular flexibility index (Phi) is 12.2. The molecular weight excluding hydrogens is 584 g/mol. The van der Waals surface area contributed by atoms with Crippen LogP contribution in [0.4, 0.5) is 0 Å². The summed E-state index contributed by atoms with van der Waals surface area (Å²) in [6, 6.07) is 19.4. The van der Waals surface area contributed by atoms with E-state index in [2.05, 4.69) is 66.2 Å². The van der Waals surface area contributed by atoms with E-state index in [1.54, 1.807) is 0 Å². The van der Waals surface area contributed by atoms with Crippen molar-refractivity contribution in [1.82, 2.24) is 9.78 Å². The monoisotopic (exact) mass is 634 g/mol. The summed E-state index contributed by atoms with van der Waals surface area (Å²) in [4.78, 5) is 12.0. The number of hydrogen-bond acceptors (Lipinski definition) is 7. The number of aromatic nitrogens is 2. The van der Waals surface area contributed by atoms with E-state index in [4.69, 9.17) is 24.0 Å². The lowest BCUT2D eigenvalue weighted by Crippen LogP contribution is -2.28. The number of benzene rings is 2. The number of ether oxygens (including phenoxy) is 4. The van der Waals surface area contributed by atoms with Crippen molar-refractivity contribution in [1.29, 1.82) is 0 Å². The molecule has 8 heteroatoms. The van der Waals surface area contributed by atoms with Crippen molar-refractivity contribution in [3.63, 3.8) is 0 Å². The predicted molar refractivity (Wildman–Crippen MR) is 180 cm³/mol. The van der Waals surface area contributed by atoms with E-state index in [1.165, 1.54) is 28.1 Å². The fraction of sp³-hybridized carbons (Fsp3) is 0.568. The van der Waals surface area contributed by atoms with Gasteiger partial charge in [0.2, 0.25) is 0 Å². The maximum Gasteiger partial charge on any atom is 0.332 e. The van der Waals surface area contributed by atoms with E-state index in [0.717, 1.165) is 68.7 Å². The number of carbonyl (C=O) groups excluding carboxylic acids is 1. The second kappa shape index (κ2) is 16.3. The van der Waals surface area contributed by atoms with Gasteiger partial charge in [0.05, 0.1) is 13.2 Å². The fourth-order valence-corrected chi connectivity index (χ4v) is 7.16. The average Bonchev–Trinajstić information content (AvgIpc) is 3.38. The molecular formula is C37H50N2O5S. The van der Waals surface area contributed by atoms with Crippen LogP contribution in [0, 0.1) is 18.8 Å². The third-order valence-electron chi connectivity index (χ3n) is 8.45. The number of nitrogens with zero attached hydrogens (tertiary/aromatic N) is 2. The molecule has 0 bridgehead atoms. The Labute approximate surface area is 273 Å². The van der Waals surface area contributed by atoms with Crippen LogP contribution in [0.3, 0.4) is 0 Å². The van der Waals surface area contributed by atoms with Gasteiger partial charge >= 0.3 is 5.97 Å². The quantitative estimate of drug-likeness (QED) is 0.106. The van der Waals surface area contributed by atoms with Gasteiger partial charge in [-0.1, -0.05) is 60.2 Å². The van der Waals surface area contributed by atoms with Crippen LogP contribution in [0.15, 0.2) is 59.6 Å². The summed E-state index contributed by atoms with van der Waals surface area (Å²) in [7, 11) is 0. The first-order valence-electron chi connectivity index (χ1n) is 16.6. The summed E-state index contributed by atoms with van der Waals surface area (Å²) >= 11 is 1.84. The zero-order valence-corrected chi connectivity index (χ0v) is 28.3. The van der Waals surface area contributed by atoms with Gasteiger partial charge in [-0.2, -0.15) is 5.10 Å². The maximum absolute atomic E-state index is 12.0. The van der Waals surface area contributed by atoms with Gasteiger partial charge in [0.15, 0.2) is 6.29 Å². The maximum atomic E-state index is 12.0. The SMILES string of the molecule is Cc1ccc(-c2nn(CC3CCC(COCC(=O)OC(C)(C)C)CC3)c(SCCOC3CCCCO3)c2-c2ccccc2)cc1. The van der Waals surface area contributed by atoms with Crippen LogP contribution in [-0.2, 0) is 30.3 Å². The molecule has 1 aromatic heterocycles. The first-order chi connectivity index (χ1) is 21.7. The van der Waals surface area contributed by atoms with Crippen LogP contribution >= 0.6 is 11.8 Å². The molecule has 5 rings (SSSR count). The van der Waals surface area contributed by atoms with Crippen molar-refractivity contribution < 1.29 is 23.7 Å². The largest absolute Gasteiger partial charge is 0.458 e. The Bertz CT molecular complexity index is 1340. The minimum atomic E-state index is -0.487. The van der Waals surface area contributed by atoms with Gasteiger partial charge in [0, 0.05) is 30.0 Å². The standard InChI is InChI=1S/C37H50N2O5S/c1-27-13-19-31(20-14-27)35-34(30-10-6-5-7-11-30)36(45-23-22-43-33-12-8-9-21-42-33)39(38-35)24-28-15-17-29(18-16-28)25-41-26-32(40)44-37(2,3)4/h5-7,10-11,13-14,19-20,28-29,33H,8-9,12,15-18,21-26H2,1-4H3. The Morgan fingerprint density at radius 2 is 1.69 bits per heavy atom. The van der Waals surface area contributed by atoms with Gasteiger partial charge in [-0.05, 0) is 90.0 Å². The molecule has 1 aliphatic heterocycles. The molecule has 1 unspecified atom stereocenters. The molecule has 2 fully saturated rings. The number of esters is 1. The highest BCUT2D eigenvalue weighted by Crippen LogP contribution is 2.41. The molecule has 1 saturated carbocycles. The summed E-state index contributed by atoms with van der Waals surface area (Å²) in [5.74, 6) is 1.54. The molecule has 1 atom stereocenters. The van der Waals surface area contributed by atoms with Crippen LogP contribution in [0.25, 0.3) is 22.4 Å². The Morgan fingerprint density at radius 1 is 0.956 bits per heavy atom. The van der Waals surface area contributed by atoms with Crippen LogP contribution < -0.4 is 0 Å². The molecule has 1 saturated heterocycles. The van der Waals surface area contributed by atoms with Gasteiger partial charge in [0.25, 0.3) is 0 Å². The van der Waals surface area contributed by atoms with E-state index in [1.807, 2.05) is 32.5 Å². The molecule has 0 radical (unpaired) electrons. The van der Waals surface area contributed by atoms with Gasteiger partial charge < -0.3 is 18.9 Å². The van der Waals surface area contributed by atoms with Crippen molar-refractivity contribution in [2.45, 2.75) is 96.1 Å². The smallest absolute Gasteiger partial charge is 0.332 e. The van der Waals surface area contributed by atoms with Gasteiger partial charge in [-0.25, -0.2) is 4.79 Å². The summed E-state index contributed by atoms with van der Waals surface area (Å²) in [5.41, 5.74) is 5.30. The minimum Gasteiger partial charge on any atom is -0.458 e. The first kappa shape index (κ1) is 33.7.